The standard InChI is InChI=1S/C29H35N5O3/c1-20(28(36)33-19-23-10-13-24(14-11-23)27(30)31)34-29(37)26(15-12-21-6-3-2-4-7-21)32-17-16-22-8-5-9-25(35)18-22/h2-11,13-14,18,20,26,32,35H,12,15-17,19H2,1H3,(H3,30,31)(H,33,36)(H,34,37)/t20-,26+/m0/s1. The number of benzene rings is 3. The smallest absolute Gasteiger partial charge is 0.242 e. The van der Waals surface area contributed by atoms with Crippen LogP contribution in [0.15, 0.2) is 78.9 Å². The molecule has 0 fully saturated rings. The molecule has 0 saturated carbocycles. The van der Waals surface area contributed by atoms with Gasteiger partial charge in [0.1, 0.15) is 17.6 Å². The summed E-state index contributed by atoms with van der Waals surface area (Å²) in [5.41, 5.74) is 9.07. The predicted octanol–water partition coefficient (Wildman–Crippen LogP) is 2.63. The molecule has 0 bridgehead atoms. The first-order chi connectivity index (χ1) is 17.8. The van der Waals surface area contributed by atoms with Gasteiger partial charge in [-0.15, -0.1) is 0 Å². The highest BCUT2D eigenvalue weighted by molar-refractivity contribution is 5.95. The van der Waals surface area contributed by atoms with Crippen molar-refractivity contribution in [1.29, 1.82) is 5.41 Å². The van der Waals surface area contributed by atoms with Crippen LogP contribution in [-0.2, 0) is 29.0 Å². The number of nitrogens with one attached hydrogen (secondary N) is 4. The number of hydrogen-bond acceptors (Lipinski definition) is 5. The minimum atomic E-state index is -0.712. The van der Waals surface area contributed by atoms with Crippen LogP contribution in [0.4, 0.5) is 0 Å². The van der Waals surface area contributed by atoms with E-state index >= 15 is 0 Å². The number of phenols is 1. The molecule has 2 atom stereocenters. The molecule has 194 valence electrons. The monoisotopic (exact) mass is 501 g/mol. The second kappa shape index (κ2) is 13.8. The highest BCUT2D eigenvalue weighted by atomic mass is 16.3. The lowest BCUT2D eigenvalue weighted by Crippen LogP contribution is -2.52. The van der Waals surface area contributed by atoms with Crippen molar-refractivity contribution in [2.75, 3.05) is 6.54 Å². The third kappa shape index (κ3) is 9.09. The summed E-state index contributed by atoms with van der Waals surface area (Å²) in [5, 5.41) is 26.1. The maximum atomic E-state index is 13.1. The molecule has 0 aliphatic carbocycles. The van der Waals surface area contributed by atoms with Crippen LogP contribution in [0.2, 0.25) is 0 Å². The fourth-order valence-electron chi connectivity index (χ4n) is 3.91. The molecule has 0 unspecified atom stereocenters. The van der Waals surface area contributed by atoms with Crippen molar-refractivity contribution in [3.05, 3.63) is 101 Å². The molecule has 0 aliphatic rings. The number of phenolic OH excluding ortho intramolecular Hbond substituents is 1. The Hall–Kier alpha value is -4.17. The molecule has 0 spiro atoms. The van der Waals surface area contributed by atoms with Crippen molar-refractivity contribution < 1.29 is 14.7 Å². The van der Waals surface area contributed by atoms with Gasteiger partial charge in [0.05, 0.1) is 6.04 Å². The Morgan fingerprint density at radius 3 is 2.27 bits per heavy atom. The van der Waals surface area contributed by atoms with E-state index < -0.39 is 12.1 Å². The topological polar surface area (TPSA) is 140 Å². The highest BCUT2D eigenvalue weighted by Gasteiger charge is 2.22. The molecular formula is C29H35N5O3. The first-order valence-electron chi connectivity index (χ1n) is 12.4. The fraction of sp³-hybridized carbons (Fsp3) is 0.276. The van der Waals surface area contributed by atoms with Crippen LogP contribution in [0.5, 0.6) is 5.75 Å². The molecule has 3 aromatic rings. The molecule has 3 rings (SSSR count). The van der Waals surface area contributed by atoms with Crippen molar-refractivity contribution in [1.82, 2.24) is 16.0 Å². The van der Waals surface area contributed by atoms with E-state index in [2.05, 4.69) is 16.0 Å². The minimum absolute atomic E-state index is 0.00994. The Balaban J connectivity index is 1.54. The summed E-state index contributed by atoms with van der Waals surface area (Å²) in [6, 6.07) is 22.9. The number of amides is 2. The van der Waals surface area contributed by atoms with Crippen LogP contribution in [0.3, 0.4) is 0 Å². The number of rotatable bonds is 13. The Labute approximate surface area is 217 Å². The summed E-state index contributed by atoms with van der Waals surface area (Å²) in [5.74, 6) is -0.319. The van der Waals surface area contributed by atoms with Gasteiger partial charge in [-0.2, -0.15) is 0 Å². The number of nitrogen functional groups attached to an aromatic ring is 1. The maximum absolute atomic E-state index is 13.1. The van der Waals surface area contributed by atoms with Crippen LogP contribution in [0.25, 0.3) is 0 Å². The van der Waals surface area contributed by atoms with Crippen molar-refractivity contribution in [3.63, 3.8) is 0 Å². The molecule has 0 aromatic heterocycles. The number of carbonyl (C=O) groups is 2. The van der Waals surface area contributed by atoms with Crippen molar-refractivity contribution in [2.45, 2.75) is 44.8 Å². The van der Waals surface area contributed by atoms with Gasteiger partial charge >= 0.3 is 0 Å². The van der Waals surface area contributed by atoms with E-state index in [1.165, 1.54) is 0 Å². The van der Waals surface area contributed by atoms with Gasteiger partial charge in [0.15, 0.2) is 0 Å². The van der Waals surface area contributed by atoms with Crippen LogP contribution < -0.4 is 21.7 Å². The Morgan fingerprint density at radius 1 is 0.892 bits per heavy atom. The van der Waals surface area contributed by atoms with E-state index in [1.54, 1.807) is 49.4 Å². The van der Waals surface area contributed by atoms with E-state index in [-0.39, 0.29) is 23.4 Å². The summed E-state index contributed by atoms with van der Waals surface area (Å²) in [7, 11) is 0. The van der Waals surface area contributed by atoms with Gasteiger partial charge in [-0.05, 0) is 61.6 Å². The summed E-state index contributed by atoms with van der Waals surface area (Å²) in [6.07, 6.45) is 1.95. The largest absolute Gasteiger partial charge is 0.508 e. The Morgan fingerprint density at radius 2 is 1.59 bits per heavy atom. The second-order valence-electron chi connectivity index (χ2n) is 9.01. The van der Waals surface area contributed by atoms with E-state index in [9.17, 15) is 14.7 Å². The number of aryl methyl sites for hydroxylation is 1. The molecule has 37 heavy (non-hydrogen) atoms. The van der Waals surface area contributed by atoms with Gasteiger partial charge in [0.25, 0.3) is 0 Å². The van der Waals surface area contributed by atoms with Crippen molar-refractivity contribution >= 4 is 17.6 Å². The first-order valence-corrected chi connectivity index (χ1v) is 12.4. The Kier molecular flexibility index (Phi) is 10.2. The zero-order valence-electron chi connectivity index (χ0n) is 21.0. The summed E-state index contributed by atoms with van der Waals surface area (Å²) in [4.78, 5) is 25.8. The molecule has 7 N–H and O–H groups in total. The van der Waals surface area contributed by atoms with Crippen molar-refractivity contribution in [2.24, 2.45) is 5.73 Å². The number of nitrogens with two attached hydrogens (primary N) is 1. The van der Waals surface area contributed by atoms with E-state index in [1.807, 2.05) is 36.4 Å². The van der Waals surface area contributed by atoms with E-state index in [0.717, 1.165) is 23.1 Å². The van der Waals surface area contributed by atoms with Crippen LogP contribution in [0, 0.1) is 5.41 Å². The zero-order chi connectivity index (χ0) is 26.6. The fourth-order valence-corrected chi connectivity index (χ4v) is 3.91. The van der Waals surface area contributed by atoms with Gasteiger partial charge in [0.2, 0.25) is 11.8 Å². The maximum Gasteiger partial charge on any atom is 0.242 e. The molecule has 0 saturated heterocycles. The lowest BCUT2D eigenvalue weighted by molar-refractivity contribution is -0.129. The lowest BCUT2D eigenvalue weighted by Gasteiger charge is -2.21. The molecule has 2 amide bonds. The minimum Gasteiger partial charge on any atom is -0.508 e. The van der Waals surface area contributed by atoms with E-state index in [4.69, 9.17) is 11.1 Å². The van der Waals surface area contributed by atoms with E-state index in [0.29, 0.717) is 31.5 Å². The molecule has 3 aromatic carbocycles. The Bertz CT molecular complexity index is 1180. The second-order valence-corrected chi connectivity index (χ2v) is 9.01. The number of aromatic hydroxyl groups is 1. The van der Waals surface area contributed by atoms with Crippen LogP contribution in [-0.4, -0.2) is 41.4 Å². The molecule has 0 heterocycles. The molecule has 8 nitrogen and oxygen atoms in total. The highest BCUT2D eigenvalue weighted by Crippen LogP contribution is 2.11. The first kappa shape index (κ1) is 27.4. The number of carbonyl (C=O) groups excluding carboxylic acids is 2. The summed E-state index contributed by atoms with van der Waals surface area (Å²) in [6.45, 7) is 2.51. The van der Waals surface area contributed by atoms with Gasteiger partial charge in [-0.3, -0.25) is 15.0 Å². The number of amidine groups is 1. The van der Waals surface area contributed by atoms with Gasteiger partial charge in [0, 0.05) is 12.1 Å². The predicted molar refractivity (Wildman–Crippen MR) is 145 cm³/mol. The number of hydrogen-bond donors (Lipinski definition) is 6. The van der Waals surface area contributed by atoms with Gasteiger partial charge < -0.3 is 26.8 Å². The SMILES string of the molecule is C[C@H](NC(=O)[C@@H](CCc1ccccc1)NCCc1cccc(O)c1)C(=O)NCc1ccc(C(=N)N)cc1. The van der Waals surface area contributed by atoms with Crippen molar-refractivity contribution in [3.8, 4) is 5.75 Å². The third-order valence-electron chi connectivity index (χ3n) is 6.08. The molecule has 0 aliphatic heterocycles. The molecule has 0 radical (unpaired) electrons. The summed E-state index contributed by atoms with van der Waals surface area (Å²) < 4.78 is 0. The summed E-state index contributed by atoms with van der Waals surface area (Å²) >= 11 is 0. The third-order valence-corrected chi connectivity index (χ3v) is 6.08. The van der Waals surface area contributed by atoms with Gasteiger partial charge in [-0.25, -0.2) is 0 Å². The molecular weight excluding hydrogens is 466 g/mol. The zero-order valence-corrected chi connectivity index (χ0v) is 21.0. The van der Waals surface area contributed by atoms with Crippen LogP contribution >= 0.6 is 0 Å². The molecule has 8 heteroatoms. The van der Waals surface area contributed by atoms with Crippen LogP contribution in [0.1, 0.15) is 35.6 Å². The quantitative estimate of drug-likeness (QED) is 0.158. The normalized spacial score (nSPS) is 12.4. The lowest BCUT2D eigenvalue weighted by atomic mass is 10.0. The van der Waals surface area contributed by atoms with Gasteiger partial charge in [-0.1, -0.05) is 66.7 Å². The average Bonchev–Trinajstić information content (AvgIpc) is 2.90. The average molecular weight is 502 g/mol.